The number of aryl methyl sites for hydroxylation is 1. The van der Waals surface area contributed by atoms with Crippen molar-refractivity contribution < 1.29 is 9.90 Å². The first-order valence-corrected chi connectivity index (χ1v) is 10.1. The Hall–Kier alpha value is -3.12. The Bertz CT molecular complexity index is 1030. The van der Waals surface area contributed by atoms with Gasteiger partial charge in [-0.15, -0.1) is 0 Å². The molecule has 6 nitrogen and oxygen atoms in total. The first kappa shape index (κ1) is 19.2. The van der Waals surface area contributed by atoms with E-state index in [2.05, 4.69) is 20.5 Å². The Morgan fingerprint density at radius 2 is 1.97 bits per heavy atom. The Labute approximate surface area is 170 Å². The van der Waals surface area contributed by atoms with Crippen molar-refractivity contribution in [3.8, 4) is 5.75 Å². The molecule has 2 aromatic carbocycles. The number of phenols is 1. The van der Waals surface area contributed by atoms with Crippen LogP contribution in [0.5, 0.6) is 5.75 Å². The zero-order chi connectivity index (χ0) is 20.2. The van der Waals surface area contributed by atoms with E-state index in [1.165, 1.54) is 12.8 Å². The molecule has 2 heterocycles. The van der Waals surface area contributed by atoms with Gasteiger partial charge in [0, 0.05) is 42.1 Å². The molecule has 0 bridgehead atoms. The number of carbonyl (C=O) groups is 1. The Morgan fingerprint density at radius 3 is 2.79 bits per heavy atom. The average Bonchev–Trinajstić information content (AvgIpc) is 3.24. The molecule has 1 fully saturated rings. The van der Waals surface area contributed by atoms with Crippen LogP contribution in [0.25, 0.3) is 10.9 Å². The standard InChI is InChI=1S/C23H26N4O2/c1-16-7-8-17(28)15-21(16)26-20-9-10-24-22-18(20)5-4-6-19(22)23(29)25-11-14-27-12-2-3-13-27/h4-10,15,28H,2-3,11-14H2,1H3,(H,24,26)(H,25,29). The minimum absolute atomic E-state index is 0.104. The zero-order valence-electron chi connectivity index (χ0n) is 16.6. The molecule has 0 unspecified atom stereocenters. The first-order chi connectivity index (χ1) is 14.1. The maximum atomic E-state index is 12.8. The van der Waals surface area contributed by atoms with Crippen LogP contribution in [0.1, 0.15) is 28.8 Å². The van der Waals surface area contributed by atoms with Gasteiger partial charge in [0.2, 0.25) is 0 Å². The summed E-state index contributed by atoms with van der Waals surface area (Å²) in [6, 6.07) is 12.7. The second kappa shape index (κ2) is 8.49. The third-order valence-electron chi connectivity index (χ3n) is 5.42. The highest BCUT2D eigenvalue weighted by molar-refractivity contribution is 6.08. The minimum atomic E-state index is -0.104. The third kappa shape index (κ3) is 4.32. The lowest BCUT2D eigenvalue weighted by atomic mass is 10.1. The number of anilines is 2. The smallest absolute Gasteiger partial charge is 0.253 e. The molecule has 0 radical (unpaired) electrons. The first-order valence-electron chi connectivity index (χ1n) is 10.1. The van der Waals surface area contributed by atoms with Crippen LogP contribution >= 0.6 is 0 Å². The van der Waals surface area contributed by atoms with Crippen LogP contribution < -0.4 is 10.6 Å². The number of aromatic nitrogens is 1. The average molecular weight is 390 g/mol. The Kier molecular flexibility index (Phi) is 5.62. The van der Waals surface area contributed by atoms with Gasteiger partial charge in [-0.25, -0.2) is 0 Å². The van der Waals surface area contributed by atoms with Gasteiger partial charge in [-0.2, -0.15) is 0 Å². The summed E-state index contributed by atoms with van der Waals surface area (Å²) in [5.74, 6) is 0.0995. The van der Waals surface area contributed by atoms with Crippen molar-refractivity contribution in [2.45, 2.75) is 19.8 Å². The van der Waals surface area contributed by atoms with Gasteiger partial charge in [0.25, 0.3) is 5.91 Å². The number of hydrogen-bond donors (Lipinski definition) is 3. The Balaban J connectivity index is 1.56. The quantitative estimate of drug-likeness (QED) is 0.596. The number of benzene rings is 2. The highest BCUT2D eigenvalue weighted by atomic mass is 16.3. The van der Waals surface area contributed by atoms with E-state index >= 15 is 0 Å². The van der Waals surface area contributed by atoms with Gasteiger partial charge in [0.15, 0.2) is 0 Å². The number of aromatic hydroxyl groups is 1. The zero-order valence-corrected chi connectivity index (χ0v) is 16.6. The van der Waals surface area contributed by atoms with Crippen LogP contribution in [-0.4, -0.2) is 47.1 Å². The Morgan fingerprint density at radius 1 is 1.14 bits per heavy atom. The van der Waals surface area contributed by atoms with Crippen molar-refractivity contribution in [3.63, 3.8) is 0 Å². The van der Waals surface area contributed by atoms with E-state index in [9.17, 15) is 9.90 Å². The molecule has 0 aliphatic carbocycles. The van der Waals surface area contributed by atoms with Gasteiger partial charge < -0.3 is 20.6 Å². The molecule has 150 valence electrons. The lowest BCUT2D eigenvalue weighted by Crippen LogP contribution is -2.33. The number of fused-ring (bicyclic) bond motifs is 1. The van der Waals surface area contributed by atoms with Crippen LogP contribution in [-0.2, 0) is 0 Å². The SMILES string of the molecule is Cc1ccc(O)cc1Nc1ccnc2c(C(=O)NCCN3CCCC3)cccc12. The molecule has 1 aliphatic heterocycles. The molecule has 1 saturated heterocycles. The van der Waals surface area contributed by atoms with Gasteiger partial charge in [0.05, 0.1) is 11.1 Å². The third-order valence-corrected chi connectivity index (χ3v) is 5.42. The van der Waals surface area contributed by atoms with Crippen molar-refractivity contribution in [2.75, 3.05) is 31.5 Å². The summed E-state index contributed by atoms with van der Waals surface area (Å²) < 4.78 is 0. The molecule has 0 saturated carbocycles. The predicted octanol–water partition coefficient (Wildman–Crippen LogP) is 3.82. The second-order valence-electron chi connectivity index (χ2n) is 7.49. The molecular weight excluding hydrogens is 364 g/mol. The van der Waals surface area contributed by atoms with Crippen molar-refractivity contribution in [3.05, 3.63) is 59.8 Å². The molecule has 29 heavy (non-hydrogen) atoms. The molecule has 0 spiro atoms. The van der Waals surface area contributed by atoms with Crippen LogP contribution in [0.3, 0.4) is 0 Å². The van der Waals surface area contributed by atoms with Crippen LogP contribution in [0, 0.1) is 6.92 Å². The van der Waals surface area contributed by atoms with Crippen molar-refractivity contribution in [2.24, 2.45) is 0 Å². The number of phenolic OH excluding ortho intramolecular Hbond substituents is 1. The molecule has 3 N–H and O–H groups in total. The lowest BCUT2D eigenvalue weighted by molar-refractivity contribution is 0.0951. The minimum Gasteiger partial charge on any atom is -0.508 e. The van der Waals surface area contributed by atoms with E-state index in [0.29, 0.717) is 17.6 Å². The number of amides is 1. The van der Waals surface area contributed by atoms with E-state index in [1.54, 1.807) is 18.3 Å². The summed E-state index contributed by atoms with van der Waals surface area (Å²) in [6.45, 7) is 5.73. The summed E-state index contributed by atoms with van der Waals surface area (Å²) >= 11 is 0. The second-order valence-corrected chi connectivity index (χ2v) is 7.49. The molecule has 0 atom stereocenters. The van der Waals surface area contributed by atoms with Gasteiger partial charge in [-0.1, -0.05) is 18.2 Å². The maximum Gasteiger partial charge on any atom is 0.253 e. The number of pyridine rings is 1. The lowest BCUT2D eigenvalue weighted by Gasteiger charge is -2.16. The van der Waals surface area contributed by atoms with Crippen molar-refractivity contribution >= 4 is 28.2 Å². The van der Waals surface area contributed by atoms with Gasteiger partial charge >= 0.3 is 0 Å². The van der Waals surface area contributed by atoms with Crippen LogP contribution in [0.2, 0.25) is 0 Å². The van der Waals surface area contributed by atoms with Crippen molar-refractivity contribution in [1.29, 1.82) is 0 Å². The molecule has 1 aliphatic rings. The predicted molar refractivity (Wildman–Crippen MR) is 116 cm³/mol. The van der Waals surface area contributed by atoms with Crippen molar-refractivity contribution in [1.82, 2.24) is 15.2 Å². The van der Waals surface area contributed by atoms with Gasteiger partial charge in [-0.3, -0.25) is 9.78 Å². The molecular formula is C23H26N4O2. The fourth-order valence-electron chi connectivity index (χ4n) is 3.79. The summed E-state index contributed by atoms with van der Waals surface area (Å²) in [6.07, 6.45) is 4.19. The number of hydrogen-bond acceptors (Lipinski definition) is 5. The highest BCUT2D eigenvalue weighted by Crippen LogP contribution is 2.30. The number of rotatable bonds is 6. The number of likely N-dealkylation sites (tertiary alicyclic amines) is 1. The van der Waals surface area contributed by atoms with Crippen LogP contribution in [0.15, 0.2) is 48.7 Å². The van der Waals surface area contributed by atoms with E-state index in [4.69, 9.17) is 0 Å². The summed E-state index contributed by atoms with van der Waals surface area (Å²) in [4.78, 5) is 19.6. The number of para-hydroxylation sites is 1. The highest BCUT2D eigenvalue weighted by Gasteiger charge is 2.15. The molecule has 4 rings (SSSR count). The molecule has 1 aromatic heterocycles. The van der Waals surface area contributed by atoms with E-state index < -0.39 is 0 Å². The van der Waals surface area contributed by atoms with Gasteiger partial charge in [-0.05, 0) is 56.6 Å². The fourth-order valence-corrected chi connectivity index (χ4v) is 3.79. The summed E-state index contributed by atoms with van der Waals surface area (Å²) in [7, 11) is 0. The molecule has 3 aromatic rings. The summed E-state index contributed by atoms with van der Waals surface area (Å²) in [5.41, 5.74) is 3.91. The maximum absolute atomic E-state index is 12.8. The monoisotopic (exact) mass is 390 g/mol. The van der Waals surface area contributed by atoms with E-state index in [-0.39, 0.29) is 11.7 Å². The number of carbonyl (C=O) groups excluding carboxylic acids is 1. The van der Waals surface area contributed by atoms with E-state index in [1.807, 2.05) is 37.3 Å². The topological polar surface area (TPSA) is 77.5 Å². The normalized spacial score (nSPS) is 14.2. The largest absolute Gasteiger partial charge is 0.508 e. The fraction of sp³-hybridized carbons (Fsp3) is 0.304. The number of nitrogens with zero attached hydrogens (tertiary/aromatic N) is 2. The van der Waals surface area contributed by atoms with E-state index in [0.717, 1.165) is 42.0 Å². The molecule has 6 heteroatoms. The summed E-state index contributed by atoms with van der Waals surface area (Å²) in [5, 5.41) is 17.1. The van der Waals surface area contributed by atoms with Crippen LogP contribution in [0.4, 0.5) is 11.4 Å². The van der Waals surface area contributed by atoms with Gasteiger partial charge in [0.1, 0.15) is 5.75 Å². The number of nitrogens with one attached hydrogen (secondary N) is 2. The molecule has 1 amide bonds.